The lowest BCUT2D eigenvalue weighted by atomic mass is 10.1. The Balaban J connectivity index is 3.21. The van der Waals surface area contributed by atoms with Gasteiger partial charge in [0.15, 0.2) is 0 Å². The monoisotopic (exact) mass is 144 g/mol. The summed E-state index contributed by atoms with van der Waals surface area (Å²) in [5.74, 6) is 0.162. The van der Waals surface area contributed by atoms with Crippen LogP contribution in [-0.4, -0.2) is 17.0 Å². The molecular weight excluding hydrogens is 128 g/mol. The van der Waals surface area contributed by atoms with Gasteiger partial charge in [0.2, 0.25) is 0 Å². The van der Waals surface area contributed by atoms with Crippen molar-refractivity contribution in [3.63, 3.8) is 0 Å². The zero-order valence-corrected chi connectivity index (χ0v) is 6.76. The fourth-order valence-electron chi connectivity index (χ4n) is 0.847. The maximum absolute atomic E-state index is 10.4. The average molecular weight is 144 g/mol. The molecule has 0 aromatic rings. The molecule has 0 amide bonds. The zero-order valence-electron chi connectivity index (χ0n) is 6.76. The van der Waals surface area contributed by atoms with E-state index >= 15 is 0 Å². The second-order valence-electron chi connectivity index (χ2n) is 2.68. The van der Waals surface area contributed by atoms with Gasteiger partial charge in [-0.2, -0.15) is 0 Å². The number of hydrogen-bond acceptors (Lipinski definition) is 2. The summed E-state index contributed by atoms with van der Waals surface area (Å²) >= 11 is 0. The molecule has 0 heterocycles. The summed E-state index contributed by atoms with van der Waals surface area (Å²) < 4.78 is 0. The number of Topliss-reactive ketones (excluding diaryl/α,β-unsaturated/α-hetero) is 1. The molecule has 0 spiro atoms. The smallest absolute Gasteiger partial charge is 0.129 e. The lowest BCUT2D eigenvalue weighted by Gasteiger charge is -2.05. The van der Waals surface area contributed by atoms with Crippen LogP contribution in [0.15, 0.2) is 0 Å². The van der Waals surface area contributed by atoms with Crippen LogP contribution in [0.1, 0.15) is 39.5 Å². The molecule has 0 bridgehead atoms. The predicted molar refractivity (Wildman–Crippen MR) is 40.8 cm³/mol. The second-order valence-corrected chi connectivity index (χ2v) is 2.68. The first-order chi connectivity index (χ1) is 4.66. The van der Waals surface area contributed by atoms with Crippen LogP contribution in [0.5, 0.6) is 0 Å². The topological polar surface area (TPSA) is 37.3 Å². The Morgan fingerprint density at radius 3 is 2.50 bits per heavy atom. The number of carbonyl (C=O) groups excluding carboxylic acids is 1. The molecule has 2 nitrogen and oxygen atoms in total. The Hall–Kier alpha value is -0.370. The number of aliphatic hydroxyl groups is 1. The summed E-state index contributed by atoms with van der Waals surface area (Å²) in [4.78, 5) is 10.4. The summed E-state index contributed by atoms with van der Waals surface area (Å²) in [7, 11) is 0. The van der Waals surface area contributed by atoms with Gasteiger partial charge in [0.05, 0.1) is 6.10 Å². The van der Waals surface area contributed by atoms with Crippen LogP contribution in [0.25, 0.3) is 0 Å². The van der Waals surface area contributed by atoms with Crippen LogP contribution in [0, 0.1) is 0 Å². The normalized spacial score (nSPS) is 13.1. The van der Waals surface area contributed by atoms with Crippen molar-refractivity contribution in [2.75, 3.05) is 0 Å². The standard InChI is InChI=1S/C8H16O2/c1-3-4-8(10)6-5-7(2)9/h8,10H,3-6H2,1-2H3. The van der Waals surface area contributed by atoms with E-state index in [4.69, 9.17) is 5.11 Å². The molecule has 0 aromatic carbocycles. The molecule has 0 aliphatic carbocycles. The molecule has 0 fully saturated rings. The van der Waals surface area contributed by atoms with E-state index in [0.29, 0.717) is 12.8 Å². The van der Waals surface area contributed by atoms with Gasteiger partial charge < -0.3 is 9.90 Å². The third kappa shape index (κ3) is 5.76. The van der Waals surface area contributed by atoms with Crippen LogP contribution in [0.3, 0.4) is 0 Å². The Labute approximate surface area is 62.2 Å². The first-order valence-corrected chi connectivity index (χ1v) is 3.84. The number of ketones is 1. The van der Waals surface area contributed by atoms with Gasteiger partial charge in [0.1, 0.15) is 5.78 Å². The summed E-state index contributed by atoms with van der Waals surface area (Å²) in [5, 5.41) is 9.15. The largest absolute Gasteiger partial charge is 0.393 e. The molecule has 60 valence electrons. The highest BCUT2D eigenvalue weighted by Crippen LogP contribution is 2.03. The highest BCUT2D eigenvalue weighted by Gasteiger charge is 2.02. The molecule has 0 radical (unpaired) electrons. The molecule has 1 atom stereocenters. The lowest BCUT2D eigenvalue weighted by molar-refractivity contribution is -0.117. The average Bonchev–Trinajstić information content (AvgIpc) is 1.85. The maximum Gasteiger partial charge on any atom is 0.129 e. The first-order valence-electron chi connectivity index (χ1n) is 3.84. The number of hydrogen-bond donors (Lipinski definition) is 1. The van der Waals surface area contributed by atoms with Gasteiger partial charge in [0.25, 0.3) is 0 Å². The van der Waals surface area contributed by atoms with Gasteiger partial charge in [-0.15, -0.1) is 0 Å². The number of carbonyl (C=O) groups is 1. The maximum atomic E-state index is 10.4. The molecule has 0 aliphatic rings. The molecular formula is C8H16O2. The third-order valence-corrected chi connectivity index (χ3v) is 1.45. The van der Waals surface area contributed by atoms with Gasteiger partial charge in [-0.1, -0.05) is 13.3 Å². The van der Waals surface area contributed by atoms with Gasteiger partial charge in [-0.3, -0.25) is 0 Å². The van der Waals surface area contributed by atoms with Gasteiger partial charge in [-0.25, -0.2) is 0 Å². The van der Waals surface area contributed by atoms with Crippen molar-refractivity contribution in [1.82, 2.24) is 0 Å². The molecule has 1 unspecified atom stereocenters. The predicted octanol–water partition coefficient (Wildman–Crippen LogP) is 1.52. The van der Waals surface area contributed by atoms with E-state index in [1.807, 2.05) is 6.92 Å². The molecule has 2 heteroatoms. The Bertz CT molecular complexity index is 99.4. The Morgan fingerprint density at radius 1 is 1.50 bits per heavy atom. The van der Waals surface area contributed by atoms with Crippen LogP contribution in [-0.2, 0) is 4.79 Å². The molecule has 1 N–H and O–H groups in total. The van der Waals surface area contributed by atoms with Crippen molar-refractivity contribution in [3.05, 3.63) is 0 Å². The highest BCUT2D eigenvalue weighted by molar-refractivity contribution is 5.75. The molecule has 0 aliphatic heterocycles. The summed E-state index contributed by atoms with van der Waals surface area (Å²) in [6.07, 6.45) is 2.67. The van der Waals surface area contributed by atoms with Crippen molar-refractivity contribution in [2.24, 2.45) is 0 Å². The minimum absolute atomic E-state index is 0.162. The Morgan fingerprint density at radius 2 is 2.10 bits per heavy atom. The fraction of sp³-hybridized carbons (Fsp3) is 0.875. The van der Waals surface area contributed by atoms with Crippen molar-refractivity contribution < 1.29 is 9.90 Å². The highest BCUT2D eigenvalue weighted by atomic mass is 16.3. The minimum Gasteiger partial charge on any atom is -0.393 e. The fourth-order valence-corrected chi connectivity index (χ4v) is 0.847. The summed E-state index contributed by atoms with van der Waals surface area (Å²) in [6.45, 7) is 3.58. The molecule has 10 heavy (non-hydrogen) atoms. The van der Waals surface area contributed by atoms with Crippen molar-refractivity contribution in [2.45, 2.75) is 45.6 Å². The van der Waals surface area contributed by atoms with E-state index in [2.05, 4.69) is 0 Å². The lowest BCUT2D eigenvalue weighted by Crippen LogP contribution is -2.07. The van der Waals surface area contributed by atoms with Gasteiger partial charge in [0, 0.05) is 6.42 Å². The van der Waals surface area contributed by atoms with Crippen LogP contribution in [0.2, 0.25) is 0 Å². The van der Waals surface area contributed by atoms with Crippen molar-refractivity contribution >= 4 is 5.78 Å². The molecule has 0 saturated heterocycles. The quantitative estimate of drug-likeness (QED) is 0.635. The summed E-state index contributed by atoms with van der Waals surface area (Å²) in [5.41, 5.74) is 0. The number of aliphatic hydroxyl groups excluding tert-OH is 1. The van der Waals surface area contributed by atoms with Gasteiger partial charge >= 0.3 is 0 Å². The van der Waals surface area contributed by atoms with Crippen LogP contribution < -0.4 is 0 Å². The van der Waals surface area contributed by atoms with Crippen molar-refractivity contribution in [1.29, 1.82) is 0 Å². The Kier molecular flexibility index (Phi) is 5.22. The molecule has 0 saturated carbocycles. The molecule has 0 aromatic heterocycles. The number of rotatable bonds is 5. The van der Waals surface area contributed by atoms with E-state index in [1.54, 1.807) is 6.92 Å². The van der Waals surface area contributed by atoms with Gasteiger partial charge in [-0.05, 0) is 19.8 Å². The van der Waals surface area contributed by atoms with E-state index in [1.165, 1.54) is 0 Å². The zero-order chi connectivity index (χ0) is 7.98. The SMILES string of the molecule is CCCC(O)CCC(C)=O. The minimum atomic E-state index is -0.270. The summed E-state index contributed by atoms with van der Waals surface area (Å²) in [6, 6.07) is 0. The molecule has 0 rings (SSSR count). The van der Waals surface area contributed by atoms with E-state index in [9.17, 15) is 4.79 Å². The van der Waals surface area contributed by atoms with E-state index in [0.717, 1.165) is 12.8 Å². The van der Waals surface area contributed by atoms with E-state index < -0.39 is 0 Å². The third-order valence-electron chi connectivity index (χ3n) is 1.45. The second kappa shape index (κ2) is 5.42. The van der Waals surface area contributed by atoms with Crippen molar-refractivity contribution in [3.8, 4) is 0 Å². The van der Waals surface area contributed by atoms with Crippen LogP contribution in [0.4, 0.5) is 0 Å². The van der Waals surface area contributed by atoms with Crippen LogP contribution >= 0.6 is 0 Å². The van der Waals surface area contributed by atoms with E-state index in [-0.39, 0.29) is 11.9 Å². The first kappa shape index (κ1) is 9.63.